The molecule has 1 amide bonds. The minimum atomic E-state index is -0.602. The third-order valence-electron chi connectivity index (χ3n) is 3.77. The van der Waals surface area contributed by atoms with Gasteiger partial charge in [0, 0.05) is 6.04 Å². The quantitative estimate of drug-likeness (QED) is 0.820. The van der Waals surface area contributed by atoms with Crippen LogP contribution in [0.25, 0.3) is 0 Å². The standard InChI is InChI=1S/C16H21BrFNO2/c1-11(21-15-9-8-12(18)10-14(15)17)16(20)19-13-6-4-2-3-5-7-13/h8-11,13H,2-7H2,1H3,(H,19,20)/t11-/m1/s1. The van der Waals surface area contributed by atoms with E-state index in [0.29, 0.717) is 10.2 Å². The van der Waals surface area contributed by atoms with E-state index >= 15 is 0 Å². The minimum Gasteiger partial charge on any atom is -0.480 e. The van der Waals surface area contributed by atoms with Crippen molar-refractivity contribution in [3.8, 4) is 5.75 Å². The highest BCUT2D eigenvalue weighted by Gasteiger charge is 2.20. The Morgan fingerprint density at radius 2 is 2.00 bits per heavy atom. The fraction of sp³-hybridized carbons (Fsp3) is 0.562. The first-order valence-electron chi connectivity index (χ1n) is 7.48. The average molecular weight is 358 g/mol. The highest BCUT2D eigenvalue weighted by atomic mass is 79.9. The summed E-state index contributed by atoms with van der Waals surface area (Å²) in [5.41, 5.74) is 0. The molecule has 1 fully saturated rings. The van der Waals surface area contributed by atoms with Crippen LogP contribution in [0.15, 0.2) is 22.7 Å². The van der Waals surface area contributed by atoms with Crippen LogP contribution in [-0.4, -0.2) is 18.1 Å². The third kappa shape index (κ3) is 4.99. The number of benzene rings is 1. The second kappa shape index (κ2) is 7.78. The van der Waals surface area contributed by atoms with Crippen molar-refractivity contribution in [3.63, 3.8) is 0 Å². The van der Waals surface area contributed by atoms with Crippen molar-refractivity contribution in [3.05, 3.63) is 28.5 Å². The van der Waals surface area contributed by atoms with Gasteiger partial charge < -0.3 is 10.1 Å². The van der Waals surface area contributed by atoms with Crippen molar-refractivity contribution in [2.24, 2.45) is 0 Å². The van der Waals surface area contributed by atoms with Gasteiger partial charge in [-0.1, -0.05) is 25.7 Å². The number of rotatable bonds is 4. The first-order valence-corrected chi connectivity index (χ1v) is 8.27. The molecule has 1 aromatic rings. The summed E-state index contributed by atoms with van der Waals surface area (Å²) in [6.07, 6.45) is 6.32. The summed E-state index contributed by atoms with van der Waals surface area (Å²) < 4.78 is 19.1. The third-order valence-corrected chi connectivity index (χ3v) is 4.39. The van der Waals surface area contributed by atoms with E-state index < -0.39 is 6.10 Å². The van der Waals surface area contributed by atoms with E-state index in [0.717, 1.165) is 12.8 Å². The largest absolute Gasteiger partial charge is 0.480 e. The Hall–Kier alpha value is -1.10. The van der Waals surface area contributed by atoms with Gasteiger partial charge in [-0.25, -0.2) is 4.39 Å². The summed E-state index contributed by atoms with van der Waals surface area (Å²) in [6, 6.07) is 4.42. The number of amides is 1. The van der Waals surface area contributed by atoms with Crippen molar-refractivity contribution in [2.75, 3.05) is 0 Å². The molecule has 3 nitrogen and oxygen atoms in total. The zero-order chi connectivity index (χ0) is 15.2. The number of halogens is 2. The van der Waals surface area contributed by atoms with Crippen molar-refractivity contribution < 1.29 is 13.9 Å². The lowest BCUT2D eigenvalue weighted by Crippen LogP contribution is -2.42. The van der Waals surface area contributed by atoms with Crippen molar-refractivity contribution >= 4 is 21.8 Å². The van der Waals surface area contributed by atoms with Crippen LogP contribution >= 0.6 is 15.9 Å². The SMILES string of the molecule is C[C@@H](Oc1ccc(F)cc1Br)C(=O)NC1CCCCCC1. The molecule has 0 aliphatic heterocycles. The van der Waals surface area contributed by atoms with Crippen LogP contribution in [0, 0.1) is 5.82 Å². The number of hydrogen-bond donors (Lipinski definition) is 1. The molecule has 21 heavy (non-hydrogen) atoms. The van der Waals surface area contributed by atoms with E-state index in [1.54, 1.807) is 6.92 Å². The maximum absolute atomic E-state index is 13.0. The fourth-order valence-electron chi connectivity index (χ4n) is 2.56. The van der Waals surface area contributed by atoms with E-state index in [1.165, 1.54) is 43.9 Å². The molecule has 0 spiro atoms. The van der Waals surface area contributed by atoms with Gasteiger partial charge in [-0.3, -0.25) is 4.79 Å². The molecule has 116 valence electrons. The van der Waals surface area contributed by atoms with E-state index in [1.807, 2.05) is 0 Å². The lowest BCUT2D eigenvalue weighted by atomic mass is 10.1. The molecule has 0 bridgehead atoms. The normalized spacial score (nSPS) is 17.9. The van der Waals surface area contributed by atoms with Crippen LogP contribution in [0.2, 0.25) is 0 Å². The van der Waals surface area contributed by atoms with Gasteiger partial charge in [0.1, 0.15) is 11.6 Å². The van der Waals surface area contributed by atoms with Crippen LogP contribution in [0.3, 0.4) is 0 Å². The van der Waals surface area contributed by atoms with Gasteiger partial charge in [0.2, 0.25) is 0 Å². The van der Waals surface area contributed by atoms with Gasteiger partial charge >= 0.3 is 0 Å². The summed E-state index contributed by atoms with van der Waals surface area (Å²) in [5.74, 6) is 0.0165. The topological polar surface area (TPSA) is 38.3 Å². The molecule has 1 saturated carbocycles. The van der Waals surface area contributed by atoms with Crippen LogP contribution in [0.4, 0.5) is 4.39 Å². The maximum Gasteiger partial charge on any atom is 0.260 e. The summed E-state index contributed by atoms with van der Waals surface area (Å²) in [7, 11) is 0. The molecular formula is C16H21BrFNO2. The minimum absolute atomic E-state index is 0.113. The Morgan fingerprint density at radius 3 is 2.62 bits per heavy atom. The lowest BCUT2D eigenvalue weighted by molar-refractivity contribution is -0.128. The first-order chi connectivity index (χ1) is 10.1. The van der Waals surface area contributed by atoms with Gasteiger partial charge in [0.25, 0.3) is 5.91 Å². The van der Waals surface area contributed by atoms with Gasteiger partial charge in [-0.05, 0) is 53.9 Å². The Kier molecular flexibility index (Phi) is 6.03. The van der Waals surface area contributed by atoms with Gasteiger partial charge in [0.15, 0.2) is 6.10 Å². The highest BCUT2D eigenvalue weighted by molar-refractivity contribution is 9.10. The summed E-state index contributed by atoms with van der Waals surface area (Å²) in [5, 5.41) is 3.06. The van der Waals surface area contributed by atoms with Gasteiger partial charge in [-0.15, -0.1) is 0 Å². The number of hydrogen-bond acceptors (Lipinski definition) is 2. The Morgan fingerprint density at radius 1 is 1.33 bits per heavy atom. The Balaban J connectivity index is 1.89. The van der Waals surface area contributed by atoms with Crippen molar-refractivity contribution in [1.82, 2.24) is 5.32 Å². The van der Waals surface area contributed by atoms with Crippen LogP contribution in [0.1, 0.15) is 45.4 Å². The summed E-state index contributed by atoms with van der Waals surface area (Å²) in [4.78, 5) is 12.2. The van der Waals surface area contributed by atoms with E-state index in [2.05, 4.69) is 21.2 Å². The van der Waals surface area contributed by atoms with Crippen LogP contribution < -0.4 is 10.1 Å². The molecule has 0 aromatic heterocycles. The van der Waals surface area contributed by atoms with Crippen LogP contribution in [0.5, 0.6) is 5.75 Å². The molecule has 1 aliphatic rings. The molecule has 1 atom stereocenters. The molecule has 1 aromatic carbocycles. The van der Waals surface area contributed by atoms with E-state index in [4.69, 9.17) is 4.74 Å². The second-order valence-electron chi connectivity index (χ2n) is 5.53. The first kappa shape index (κ1) is 16.3. The summed E-state index contributed by atoms with van der Waals surface area (Å²) >= 11 is 3.24. The number of ether oxygens (including phenoxy) is 1. The molecule has 1 aliphatic carbocycles. The number of carbonyl (C=O) groups is 1. The predicted octanol–water partition coefficient (Wildman–Crippen LogP) is 4.19. The molecule has 2 rings (SSSR count). The van der Waals surface area contributed by atoms with Crippen molar-refractivity contribution in [2.45, 2.75) is 57.6 Å². The highest BCUT2D eigenvalue weighted by Crippen LogP contribution is 2.26. The lowest BCUT2D eigenvalue weighted by Gasteiger charge is -2.20. The predicted molar refractivity (Wildman–Crippen MR) is 83.8 cm³/mol. The van der Waals surface area contributed by atoms with Crippen LogP contribution in [-0.2, 0) is 4.79 Å². The molecule has 0 radical (unpaired) electrons. The maximum atomic E-state index is 13.0. The van der Waals surface area contributed by atoms with Gasteiger partial charge in [0.05, 0.1) is 4.47 Å². The monoisotopic (exact) mass is 357 g/mol. The zero-order valence-corrected chi connectivity index (χ0v) is 13.8. The smallest absolute Gasteiger partial charge is 0.260 e. The molecule has 0 heterocycles. The number of nitrogens with one attached hydrogen (secondary N) is 1. The molecule has 5 heteroatoms. The average Bonchev–Trinajstić information content (AvgIpc) is 2.70. The van der Waals surface area contributed by atoms with E-state index in [9.17, 15) is 9.18 Å². The Bertz CT molecular complexity index is 487. The second-order valence-corrected chi connectivity index (χ2v) is 6.39. The van der Waals surface area contributed by atoms with Gasteiger partial charge in [-0.2, -0.15) is 0 Å². The zero-order valence-electron chi connectivity index (χ0n) is 12.2. The fourth-order valence-corrected chi connectivity index (χ4v) is 3.00. The number of carbonyl (C=O) groups excluding carboxylic acids is 1. The van der Waals surface area contributed by atoms with E-state index in [-0.39, 0.29) is 17.8 Å². The molecule has 0 unspecified atom stereocenters. The summed E-state index contributed by atoms with van der Waals surface area (Å²) in [6.45, 7) is 1.71. The molecule has 0 saturated heterocycles. The molecular weight excluding hydrogens is 337 g/mol. The Labute approximate surface area is 133 Å². The molecule has 1 N–H and O–H groups in total. The van der Waals surface area contributed by atoms with Crippen molar-refractivity contribution in [1.29, 1.82) is 0 Å².